The topological polar surface area (TPSA) is 40.6 Å². The van der Waals surface area contributed by atoms with E-state index in [4.69, 9.17) is 11.6 Å². The van der Waals surface area contributed by atoms with Crippen LogP contribution >= 0.6 is 22.9 Å². The number of hydrogen-bond acceptors (Lipinski definition) is 3. The molecule has 1 aliphatic carbocycles. The van der Waals surface area contributed by atoms with Crippen molar-refractivity contribution < 1.29 is 9.59 Å². The Hall–Kier alpha value is -1.85. The lowest BCUT2D eigenvalue weighted by Crippen LogP contribution is -2.38. The third-order valence-corrected chi connectivity index (χ3v) is 5.90. The maximum atomic E-state index is 13.1. The Balaban J connectivity index is 1.48. The molecule has 1 atom stereocenters. The van der Waals surface area contributed by atoms with Gasteiger partial charge < -0.3 is 9.80 Å². The van der Waals surface area contributed by atoms with Gasteiger partial charge in [0.25, 0.3) is 0 Å². The summed E-state index contributed by atoms with van der Waals surface area (Å²) in [7, 11) is 0. The lowest BCUT2D eigenvalue weighted by molar-refractivity contribution is -0.137. The summed E-state index contributed by atoms with van der Waals surface area (Å²) in [5.74, 6) is -0.142. The largest absolute Gasteiger partial charge is 0.334 e. The summed E-state index contributed by atoms with van der Waals surface area (Å²) in [6.45, 7) is 1.11. The van der Waals surface area contributed by atoms with E-state index in [0.717, 1.165) is 18.5 Å². The zero-order valence-corrected chi connectivity index (χ0v) is 15.3. The van der Waals surface area contributed by atoms with E-state index in [-0.39, 0.29) is 24.2 Å². The van der Waals surface area contributed by atoms with Gasteiger partial charge in [0.05, 0.1) is 12.5 Å². The fourth-order valence-corrected chi connectivity index (χ4v) is 4.15. The lowest BCUT2D eigenvalue weighted by atomic mass is 10.1. The van der Waals surface area contributed by atoms with Gasteiger partial charge in [-0.15, -0.1) is 11.3 Å². The molecule has 1 aromatic heterocycles. The van der Waals surface area contributed by atoms with Crippen molar-refractivity contribution >= 4 is 40.4 Å². The van der Waals surface area contributed by atoms with Crippen LogP contribution in [0.25, 0.3) is 0 Å². The minimum absolute atomic E-state index is 0.00698. The Morgan fingerprint density at radius 3 is 2.64 bits per heavy atom. The number of thiophene rings is 1. The van der Waals surface area contributed by atoms with Gasteiger partial charge in [-0.25, -0.2) is 0 Å². The minimum Gasteiger partial charge on any atom is -0.334 e. The summed E-state index contributed by atoms with van der Waals surface area (Å²) in [5.41, 5.74) is 0.806. The van der Waals surface area contributed by atoms with Crippen LogP contribution < -0.4 is 4.90 Å². The first-order valence-corrected chi connectivity index (χ1v) is 9.76. The molecule has 25 heavy (non-hydrogen) atoms. The number of carbonyl (C=O) groups is 2. The normalized spacial score (nSPS) is 20.1. The van der Waals surface area contributed by atoms with Crippen molar-refractivity contribution in [1.29, 1.82) is 0 Å². The number of anilines is 1. The number of carbonyl (C=O) groups excluding carboxylic acids is 2. The monoisotopic (exact) mass is 374 g/mol. The van der Waals surface area contributed by atoms with Crippen molar-refractivity contribution in [3.8, 4) is 0 Å². The van der Waals surface area contributed by atoms with Crippen molar-refractivity contribution in [1.82, 2.24) is 4.90 Å². The molecule has 6 heteroatoms. The standard InChI is InChI=1S/C19H19ClN2O2S/c20-14-3-5-15(6-4-14)21-11-13(10-18(21)23)19(24)22(16-7-8-16)12-17-2-1-9-25-17/h1-6,9,13,16H,7-8,10-12H2. The summed E-state index contributed by atoms with van der Waals surface area (Å²) in [4.78, 5) is 30.4. The molecule has 2 fully saturated rings. The fourth-order valence-electron chi connectivity index (χ4n) is 3.32. The van der Waals surface area contributed by atoms with E-state index in [9.17, 15) is 9.59 Å². The van der Waals surface area contributed by atoms with Gasteiger partial charge in [0.2, 0.25) is 11.8 Å². The van der Waals surface area contributed by atoms with Gasteiger partial charge in [0, 0.05) is 34.6 Å². The molecule has 4 nitrogen and oxygen atoms in total. The van der Waals surface area contributed by atoms with Gasteiger partial charge in [-0.2, -0.15) is 0 Å². The Bertz CT molecular complexity index is 771. The highest BCUT2D eigenvalue weighted by Crippen LogP contribution is 2.33. The molecule has 2 aromatic rings. The maximum absolute atomic E-state index is 13.1. The SMILES string of the molecule is O=C1CC(C(=O)N(Cc2cccs2)C2CC2)CN1c1ccc(Cl)cc1. The second-order valence-corrected chi connectivity index (χ2v) is 8.13. The van der Waals surface area contributed by atoms with E-state index in [1.165, 1.54) is 4.88 Å². The van der Waals surface area contributed by atoms with E-state index < -0.39 is 0 Å². The van der Waals surface area contributed by atoms with Crippen LogP contribution in [0.15, 0.2) is 41.8 Å². The predicted molar refractivity (Wildman–Crippen MR) is 99.8 cm³/mol. The number of halogens is 1. The van der Waals surface area contributed by atoms with Crippen LogP contribution in [0.4, 0.5) is 5.69 Å². The van der Waals surface area contributed by atoms with Crippen molar-refractivity contribution in [3.05, 3.63) is 51.7 Å². The third kappa shape index (κ3) is 3.58. The van der Waals surface area contributed by atoms with Gasteiger partial charge in [0.15, 0.2) is 0 Å². The van der Waals surface area contributed by atoms with Gasteiger partial charge in [-0.05, 0) is 48.6 Å². The molecule has 0 spiro atoms. The second-order valence-electron chi connectivity index (χ2n) is 6.66. The van der Waals surface area contributed by atoms with Crippen LogP contribution in [0, 0.1) is 5.92 Å². The molecular weight excluding hydrogens is 356 g/mol. The van der Waals surface area contributed by atoms with Crippen LogP contribution in [0.1, 0.15) is 24.1 Å². The number of benzene rings is 1. The summed E-state index contributed by atoms with van der Waals surface area (Å²) < 4.78 is 0. The van der Waals surface area contributed by atoms with Gasteiger partial charge >= 0.3 is 0 Å². The van der Waals surface area contributed by atoms with E-state index >= 15 is 0 Å². The highest BCUT2D eigenvalue weighted by atomic mass is 35.5. The van der Waals surface area contributed by atoms with E-state index in [1.54, 1.807) is 28.4 Å². The van der Waals surface area contributed by atoms with Crippen LogP contribution in [0.5, 0.6) is 0 Å². The Morgan fingerprint density at radius 1 is 1.24 bits per heavy atom. The molecule has 1 saturated carbocycles. The maximum Gasteiger partial charge on any atom is 0.228 e. The molecule has 1 saturated heterocycles. The van der Waals surface area contributed by atoms with Crippen molar-refractivity contribution in [2.24, 2.45) is 5.92 Å². The predicted octanol–water partition coefficient (Wildman–Crippen LogP) is 3.95. The summed E-state index contributed by atoms with van der Waals surface area (Å²) >= 11 is 7.59. The van der Waals surface area contributed by atoms with Crippen LogP contribution in [-0.4, -0.2) is 29.3 Å². The highest BCUT2D eigenvalue weighted by molar-refractivity contribution is 7.09. The molecule has 130 valence electrons. The van der Waals surface area contributed by atoms with Crippen molar-refractivity contribution in [2.75, 3.05) is 11.4 Å². The van der Waals surface area contributed by atoms with Crippen LogP contribution in [0.3, 0.4) is 0 Å². The minimum atomic E-state index is -0.260. The van der Waals surface area contributed by atoms with Crippen molar-refractivity contribution in [2.45, 2.75) is 31.8 Å². The molecule has 2 aliphatic rings. The average Bonchev–Trinajstić information content (AvgIpc) is 3.17. The molecule has 0 N–H and O–H groups in total. The van der Waals surface area contributed by atoms with Crippen LogP contribution in [-0.2, 0) is 16.1 Å². The van der Waals surface area contributed by atoms with E-state index in [1.807, 2.05) is 28.5 Å². The smallest absolute Gasteiger partial charge is 0.228 e. The summed E-state index contributed by atoms with van der Waals surface area (Å²) in [6, 6.07) is 11.6. The molecule has 2 heterocycles. The summed E-state index contributed by atoms with van der Waals surface area (Å²) in [5, 5.41) is 2.67. The fraction of sp³-hybridized carbons (Fsp3) is 0.368. The first-order chi connectivity index (χ1) is 12.1. The molecule has 0 radical (unpaired) electrons. The number of rotatable bonds is 5. The van der Waals surface area contributed by atoms with E-state index in [0.29, 0.717) is 24.2 Å². The third-order valence-electron chi connectivity index (χ3n) is 4.79. The Labute approximate surface area is 156 Å². The first-order valence-electron chi connectivity index (χ1n) is 8.50. The van der Waals surface area contributed by atoms with Gasteiger partial charge in [-0.3, -0.25) is 9.59 Å². The Kier molecular flexibility index (Phi) is 4.52. The molecule has 1 unspecified atom stereocenters. The molecule has 1 aromatic carbocycles. The highest BCUT2D eigenvalue weighted by Gasteiger charge is 2.41. The summed E-state index contributed by atoms with van der Waals surface area (Å²) in [6.07, 6.45) is 2.42. The molecular formula is C19H19ClN2O2S. The Morgan fingerprint density at radius 2 is 2.00 bits per heavy atom. The second kappa shape index (κ2) is 6.81. The first kappa shape index (κ1) is 16.6. The number of amides is 2. The van der Waals surface area contributed by atoms with Gasteiger partial charge in [0.1, 0.15) is 0 Å². The number of nitrogens with zero attached hydrogens (tertiary/aromatic N) is 2. The number of hydrogen-bond donors (Lipinski definition) is 0. The molecule has 4 rings (SSSR count). The van der Waals surface area contributed by atoms with Crippen molar-refractivity contribution in [3.63, 3.8) is 0 Å². The average molecular weight is 375 g/mol. The molecule has 2 amide bonds. The van der Waals surface area contributed by atoms with Crippen LogP contribution in [0.2, 0.25) is 5.02 Å². The van der Waals surface area contributed by atoms with E-state index in [2.05, 4.69) is 6.07 Å². The lowest BCUT2D eigenvalue weighted by Gasteiger charge is -2.25. The van der Waals surface area contributed by atoms with Gasteiger partial charge in [-0.1, -0.05) is 17.7 Å². The molecule has 1 aliphatic heterocycles. The quantitative estimate of drug-likeness (QED) is 0.795. The molecule has 0 bridgehead atoms. The zero-order chi connectivity index (χ0) is 17.4. The zero-order valence-electron chi connectivity index (χ0n) is 13.7.